The predicted molar refractivity (Wildman–Crippen MR) is 70.0 cm³/mol. The van der Waals surface area contributed by atoms with Gasteiger partial charge in [0.15, 0.2) is 0 Å². The average Bonchev–Trinajstić information content (AvgIpc) is 2.23. The number of carbonyl (C=O) groups excluding carboxylic acids is 1. The highest BCUT2D eigenvalue weighted by Gasteiger charge is 2.04. The summed E-state index contributed by atoms with van der Waals surface area (Å²) < 4.78 is 0. The van der Waals surface area contributed by atoms with Crippen LogP contribution in [-0.2, 0) is 4.79 Å². The zero-order chi connectivity index (χ0) is 12.1. The van der Waals surface area contributed by atoms with Crippen LogP contribution in [0.25, 0.3) is 0 Å². The van der Waals surface area contributed by atoms with E-state index < -0.39 is 0 Å². The molecule has 0 spiro atoms. The number of aryl methyl sites for hydroxylation is 2. The zero-order valence-corrected chi connectivity index (χ0v) is 11.2. The third-order valence-electron chi connectivity index (χ3n) is 2.56. The average molecular weight is 237 g/mol. The van der Waals surface area contributed by atoms with Crippen molar-refractivity contribution in [2.75, 3.05) is 19.8 Å². The summed E-state index contributed by atoms with van der Waals surface area (Å²) in [6.07, 6.45) is 0.602. The molecule has 0 aliphatic rings. The molecular weight excluding hydrogens is 218 g/mol. The van der Waals surface area contributed by atoms with E-state index in [1.54, 1.807) is 30.8 Å². The normalized spacial score (nSPS) is 10.2. The number of hydrogen-bond donors (Lipinski definition) is 0. The number of rotatable bonds is 4. The number of benzene rings is 1. The van der Waals surface area contributed by atoms with Crippen LogP contribution in [0.15, 0.2) is 23.1 Å². The number of thioether (sulfide) groups is 1. The number of amides is 1. The van der Waals surface area contributed by atoms with E-state index in [4.69, 9.17) is 0 Å². The van der Waals surface area contributed by atoms with Gasteiger partial charge in [-0.15, -0.1) is 11.8 Å². The maximum Gasteiger partial charge on any atom is 0.222 e. The largest absolute Gasteiger partial charge is 0.349 e. The van der Waals surface area contributed by atoms with E-state index in [1.807, 2.05) is 0 Å². The third kappa shape index (κ3) is 3.89. The minimum absolute atomic E-state index is 0.191. The molecule has 0 fully saturated rings. The summed E-state index contributed by atoms with van der Waals surface area (Å²) in [5.41, 5.74) is 2.62. The Morgan fingerprint density at radius 2 is 1.94 bits per heavy atom. The van der Waals surface area contributed by atoms with Crippen molar-refractivity contribution in [3.63, 3.8) is 0 Å². The van der Waals surface area contributed by atoms with Crippen LogP contribution in [0.2, 0.25) is 0 Å². The molecule has 0 unspecified atom stereocenters. The molecule has 0 heterocycles. The number of hydrogen-bond acceptors (Lipinski definition) is 2. The second-order valence-electron chi connectivity index (χ2n) is 4.13. The van der Waals surface area contributed by atoms with Crippen molar-refractivity contribution < 1.29 is 4.79 Å². The Kier molecular flexibility index (Phi) is 4.87. The minimum Gasteiger partial charge on any atom is -0.349 e. The molecule has 0 radical (unpaired) electrons. The van der Waals surface area contributed by atoms with E-state index >= 15 is 0 Å². The highest BCUT2D eigenvalue weighted by atomic mass is 32.2. The minimum atomic E-state index is 0.191. The Balaban J connectivity index is 2.43. The molecule has 0 atom stereocenters. The second-order valence-corrected chi connectivity index (χ2v) is 5.30. The van der Waals surface area contributed by atoms with Crippen molar-refractivity contribution in [1.29, 1.82) is 0 Å². The van der Waals surface area contributed by atoms with Crippen molar-refractivity contribution in [2.24, 2.45) is 0 Å². The molecule has 1 amide bonds. The number of carbonyl (C=O) groups is 1. The predicted octanol–water partition coefficient (Wildman–Crippen LogP) is 2.87. The van der Waals surface area contributed by atoms with Crippen LogP contribution in [0.3, 0.4) is 0 Å². The van der Waals surface area contributed by atoms with E-state index in [0.717, 1.165) is 5.75 Å². The Morgan fingerprint density at radius 1 is 1.25 bits per heavy atom. The van der Waals surface area contributed by atoms with Crippen LogP contribution in [-0.4, -0.2) is 30.7 Å². The van der Waals surface area contributed by atoms with Gasteiger partial charge in [-0.05, 0) is 37.1 Å². The standard InChI is InChI=1S/C13H19NOS/c1-10-5-6-12(9-11(10)2)16-8-7-13(15)14(3)4/h5-6,9H,7-8H2,1-4H3. The first-order chi connectivity index (χ1) is 7.50. The molecule has 88 valence electrons. The van der Waals surface area contributed by atoms with Crippen LogP contribution in [0, 0.1) is 13.8 Å². The zero-order valence-electron chi connectivity index (χ0n) is 10.4. The molecule has 1 rings (SSSR count). The Morgan fingerprint density at radius 3 is 2.50 bits per heavy atom. The lowest BCUT2D eigenvalue weighted by Crippen LogP contribution is -2.21. The topological polar surface area (TPSA) is 20.3 Å². The molecule has 0 aliphatic carbocycles. The van der Waals surface area contributed by atoms with E-state index in [1.165, 1.54) is 16.0 Å². The van der Waals surface area contributed by atoms with Gasteiger partial charge in [-0.1, -0.05) is 6.07 Å². The Hall–Kier alpha value is -0.960. The summed E-state index contributed by atoms with van der Waals surface area (Å²) >= 11 is 1.74. The van der Waals surface area contributed by atoms with Crippen LogP contribution in [0.1, 0.15) is 17.5 Å². The lowest BCUT2D eigenvalue weighted by molar-refractivity contribution is -0.128. The van der Waals surface area contributed by atoms with Crippen molar-refractivity contribution >= 4 is 17.7 Å². The first-order valence-corrected chi connectivity index (χ1v) is 6.39. The fraction of sp³-hybridized carbons (Fsp3) is 0.462. The van der Waals surface area contributed by atoms with Crippen molar-refractivity contribution in [3.05, 3.63) is 29.3 Å². The van der Waals surface area contributed by atoms with Gasteiger partial charge in [-0.2, -0.15) is 0 Å². The van der Waals surface area contributed by atoms with Gasteiger partial charge >= 0.3 is 0 Å². The third-order valence-corrected chi connectivity index (χ3v) is 3.56. The van der Waals surface area contributed by atoms with Crippen LogP contribution < -0.4 is 0 Å². The fourth-order valence-electron chi connectivity index (χ4n) is 1.28. The van der Waals surface area contributed by atoms with Gasteiger partial charge in [-0.3, -0.25) is 4.79 Å². The molecule has 16 heavy (non-hydrogen) atoms. The Labute approximate surface area is 102 Å². The summed E-state index contributed by atoms with van der Waals surface area (Å²) in [5.74, 6) is 1.04. The quantitative estimate of drug-likeness (QED) is 0.751. The SMILES string of the molecule is Cc1ccc(SCCC(=O)N(C)C)cc1C. The monoisotopic (exact) mass is 237 g/mol. The maximum absolute atomic E-state index is 11.4. The van der Waals surface area contributed by atoms with Gasteiger partial charge in [0, 0.05) is 31.2 Å². The molecule has 0 aromatic heterocycles. The second kappa shape index (κ2) is 5.94. The highest BCUT2D eigenvalue weighted by Crippen LogP contribution is 2.21. The molecule has 2 nitrogen and oxygen atoms in total. The first-order valence-electron chi connectivity index (χ1n) is 5.41. The van der Waals surface area contributed by atoms with Crippen LogP contribution in [0.5, 0.6) is 0 Å². The van der Waals surface area contributed by atoms with Crippen molar-refractivity contribution in [1.82, 2.24) is 4.90 Å². The van der Waals surface area contributed by atoms with Gasteiger partial charge in [-0.25, -0.2) is 0 Å². The Bertz CT molecular complexity index is 374. The smallest absolute Gasteiger partial charge is 0.222 e. The lowest BCUT2D eigenvalue weighted by atomic mass is 10.1. The van der Waals surface area contributed by atoms with Gasteiger partial charge in [0.1, 0.15) is 0 Å². The molecule has 0 aliphatic heterocycles. The van der Waals surface area contributed by atoms with Crippen molar-refractivity contribution in [2.45, 2.75) is 25.2 Å². The van der Waals surface area contributed by atoms with E-state index in [9.17, 15) is 4.79 Å². The maximum atomic E-state index is 11.4. The highest BCUT2D eigenvalue weighted by molar-refractivity contribution is 7.99. The summed E-state index contributed by atoms with van der Waals surface area (Å²) in [5, 5.41) is 0. The summed E-state index contributed by atoms with van der Waals surface area (Å²) in [4.78, 5) is 14.3. The molecule has 0 saturated carbocycles. The van der Waals surface area contributed by atoms with Crippen LogP contribution in [0.4, 0.5) is 0 Å². The van der Waals surface area contributed by atoms with Gasteiger partial charge < -0.3 is 4.90 Å². The summed E-state index contributed by atoms with van der Waals surface area (Å²) in [6, 6.07) is 6.43. The van der Waals surface area contributed by atoms with E-state index in [-0.39, 0.29) is 5.91 Å². The molecule has 1 aromatic rings. The fourth-order valence-corrected chi connectivity index (χ4v) is 2.22. The van der Waals surface area contributed by atoms with Crippen molar-refractivity contribution in [3.8, 4) is 0 Å². The molecule has 1 aromatic carbocycles. The molecule has 0 saturated heterocycles. The molecule has 0 N–H and O–H groups in total. The summed E-state index contributed by atoms with van der Waals surface area (Å²) in [7, 11) is 3.59. The lowest BCUT2D eigenvalue weighted by Gasteiger charge is -2.10. The number of nitrogens with zero attached hydrogens (tertiary/aromatic N) is 1. The molecule has 3 heteroatoms. The van der Waals surface area contributed by atoms with Gasteiger partial charge in [0.2, 0.25) is 5.91 Å². The van der Waals surface area contributed by atoms with Crippen LogP contribution >= 0.6 is 11.8 Å². The first kappa shape index (κ1) is 13.1. The van der Waals surface area contributed by atoms with Gasteiger partial charge in [0.05, 0.1) is 0 Å². The van der Waals surface area contributed by atoms with E-state index in [0.29, 0.717) is 6.42 Å². The molecular formula is C13H19NOS. The van der Waals surface area contributed by atoms with Gasteiger partial charge in [0.25, 0.3) is 0 Å². The van der Waals surface area contributed by atoms with E-state index in [2.05, 4.69) is 32.0 Å². The molecule has 0 bridgehead atoms. The summed E-state index contributed by atoms with van der Waals surface area (Å²) in [6.45, 7) is 4.23.